The predicted octanol–water partition coefficient (Wildman–Crippen LogP) is 3.42. The van der Waals surface area contributed by atoms with Gasteiger partial charge >= 0.3 is 0 Å². The van der Waals surface area contributed by atoms with Crippen molar-refractivity contribution in [3.63, 3.8) is 0 Å². The van der Waals surface area contributed by atoms with E-state index in [0.717, 1.165) is 29.1 Å². The molecule has 0 aliphatic heterocycles. The summed E-state index contributed by atoms with van der Waals surface area (Å²) in [5.74, 6) is 2.59. The van der Waals surface area contributed by atoms with Crippen molar-refractivity contribution in [2.24, 2.45) is 0 Å². The fourth-order valence-electron chi connectivity index (χ4n) is 3.22. The summed E-state index contributed by atoms with van der Waals surface area (Å²) in [6.07, 6.45) is 1.95. The SMILES string of the molecule is CCCc1sc(-c2ccc(OC)c(OCCOCCOCCO)c2)nc1CSc1nc(N)cc(N)n1. The van der Waals surface area contributed by atoms with Crippen molar-refractivity contribution in [2.75, 3.05) is 58.2 Å². The second-order valence-corrected chi connectivity index (χ2v) is 9.62. The van der Waals surface area contributed by atoms with Crippen LogP contribution in [0.25, 0.3) is 10.6 Å². The maximum Gasteiger partial charge on any atom is 0.191 e. The van der Waals surface area contributed by atoms with Gasteiger partial charge in [-0.15, -0.1) is 11.3 Å². The van der Waals surface area contributed by atoms with Crippen molar-refractivity contribution < 1.29 is 24.1 Å². The van der Waals surface area contributed by atoms with Gasteiger partial charge in [0.15, 0.2) is 16.7 Å². The minimum atomic E-state index is 0.00427. The number of hydrogen-bond donors (Lipinski definition) is 3. The Bertz CT molecular complexity index is 1080. The van der Waals surface area contributed by atoms with Crippen LogP contribution in [0.15, 0.2) is 29.4 Å². The Morgan fingerprint density at radius 3 is 2.36 bits per heavy atom. The third-order valence-electron chi connectivity index (χ3n) is 4.84. The highest BCUT2D eigenvalue weighted by atomic mass is 32.2. The van der Waals surface area contributed by atoms with Gasteiger partial charge in [0.1, 0.15) is 23.3 Å². The summed E-state index contributed by atoms with van der Waals surface area (Å²) < 4.78 is 22.1. The molecular weight excluding hydrogens is 502 g/mol. The average molecular weight is 536 g/mol. The van der Waals surface area contributed by atoms with Gasteiger partial charge in [-0.3, -0.25) is 0 Å². The summed E-state index contributed by atoms with van der Waals surface area (Å²) in [5, 5.41) is 10.1. The van der Waals surface area contributed by atoms with Crippen LogP contribution in [0.2, 0.25) is 0 Å². The van der Waals surface area contributed by atoms with E-state index in [2.05, 4.69) is 16.9 Å². The number of aliphatic hydroxyl groups excluding tert-OH is 1. The first kappa shape index (κ1) is 27.9. The van der Waals surface area contributed by atoms with Crippen molar-refractivity contribution >= 4 is 34.7 Å². The molecule has 2 heterocycles. The van der Waals surface area contributed by atoms with Crippen molar-refractivity contribution in [1.29, 1.82) is 0 Å². The number of nitrogens with zero attached hydrogens (tertiary/aromatic N) is 3. The number of nitrogens with two attached hydrogens (primary N) is 2. The molecule has 0 spiro atoms. The van der Waals surface area contributed by atoms with E-state index in [9.17, 15) is 0 Å². The van der Waals surface area contributed by atoms with E-state index >= 15 is 0 Å². The molecule has 2 aromatic heterocycles. The zero-order valence-electron chi connectivity index (χ0n) is 20.6. The van der Waals surface area contributed by atoms with Crippen LogP contribution in [0.4, 0.5) is 11.6 Å². The molecule has 1 aromatic carbocycles. The van der Waals surface area contributed by atoms with Gasteiger partial charge in [-0.2, -0.15) is 0 Å². The maximum atomic E-state index is 8.71. The first-order chi connectivity index (χ1) is 17.5. The van der Waals surface area contributed by atoms with Crippen LogP contribution in [0.5, 0.6) is 11.5 Å². The molecule has 12 heteroatoms. The molecule has 0 saturated carbocycles. The van der Waals surface area contributed by atoms with Gasteiger partial charge in [0.2, 0.25) is 0 Å². The van der Waals surface area contributed by atoms with E-state index in [4.69, 9.17) is 40.5 Å². The molecule has 0 amide bonds. The minimum absolute atomic E-state index is 0.00427. The molecule has 196 valence electrons. The van der Waals surface area contributed by atoms with Crippen LogP contribution in [-0.4, -0.2) is 66.8 Å². The first-order valence-electron chi connectivity index (χ1n) is 11.6. The van der Waals surface area contributed by atoms with Gasteiger partial charge in [-0.05, 0) is 24.6 Å². The topological polar surface area (TPSA) is 148 Å². The minimum Gasteiger partial charge on any atom is -0.493 e. The number of aromatic nitrogens is 3. The molecular formula is C24H33N5O5S2. The summed E-state index contributed by atoms with van der Waals surface area (Å²) in [5.41, 5.74) is 13.5. The van der Waals surface area contributed by atoms with E-state index in [0.29, 0.717) is 67.1 Å². The molecule has 5 N–H and O–H groups in total. The highest BCUT2D eigenvalue weighted by molar-refractivity contribution is 7.98. The van der Waals surface area contributed by atoms with E-state index < -0.39 is 0 Å². The number of hydrogen-bond acceptors (Lipinski definition) is 12. The summed E-state index contributed by atoms with van der Waals surface area (Å²) in [7, 11) is 1.61. The number of aliphatic hydroxyl groups is 1. The zero-order valence-corrected chi connectivity index (χ0v) is 22.2. The number of nitrogen functional groups attached to an aromatic ring is 2. The Labute approximate surface area is 219 Å². The highest BCUT2D eigenvalue weighted by Crippen LogP contribution is 2.37. The Morgan fingerprint density at radius 2 is 1.67 bits per heavy atom. The van der Waals surface area contributed by atoms with Crippen LogP contribution in [0, 0.1) is 0 Å². The van der Waals surface area contributed by atoms with Gasteiger partial charge in [-0.25, -0.2) is 15.0 Å². The van der Waals surface area contributed by atoms with E-state index in [1.54, 1.807) is 18.4 Å². The van der Waals surface area contributed by atoms with E-state index in [-0.39, 0.29) is 6.61 Å². The largest absolute Gasteiger partial charge is 0.493 e. The van der Waals surface area contributed by atoms with Crippen LogP contribution < -0.4 is 20.9 Å². The maximum absolute atomic E-state index is 8.71. The molecule has 0 aliphatic carbocycles. The predicted molar refractivity (Wildman–Crippen MR) is 143 cm³/mol. The molecule has 3 rings (SSSR count). The normalized spacial score (nSPS) is 11.1. The monoisotopic (exact) mass is 535 g/mol. The molecule has 0 bridgehead atoms. The number of methoxy groups -OCH3 is 1. The number of benzene rings is 1. The summed E-state index contributed by atoms with van der Waals surface area (Å²) in [6, 6.07) is 7.34. The van der Waals surface area contributed by atoms with Gasteiger partial charge < -0.3 is 35.5 Å². The Morgan fingerprint density at radius 1 is 0.944 bits per heavy atom. The summed E-state index contributed by atoms with van der Waals surface area (Å²) in [6.45, 7) is 4.11. The Kier molecular flexibility index (Phi) is 11.5. The van der Waals surface area contributed by atoms with Crippen molar-refractivity contribution in [2.45, 2.75) is 30.7 Å². The lowest BCUT2D eigenvalue weighted by molar-refractivity contribution is 0.0245. The lowest BCUT2D eigenvalue weighted by atomic mass is 10.2. The fraction of sp³-hybridized carbons (Fsp3) is 0.458. The number of anilines is 2. The molecule has 0 saturated heterocycles. The van der Waals surface area contributed by atoms with Crippen LogP contribution >= 0.6 is 23.1 Å². The standard InChI is InChI=1S/C24H33N5O5S2/c1-3-4-20-17(15-35-24-28-21(25)14-22(26)29-24)27-23(36-20)16-5-6-18(31-2)19(13-16)34-12-11-33-10-9-32-8-7-30/h5-6,13-14,30H,3-4,7-12,15H2,1-2H3,(H4,25,26,28,29). The molecule has 0 atom stereocenters. The molecule has 3 aromatic rings. The average Bonchev–Trinajstić information content (AvgIpc) is 3.26. The van der Waals surface area contributed by atoms with Crippen molar-refractivity contribution in [1.82, 2.24) is 15.0 Å². The highest BCUT2D eigenvalue weighted by Gasteiger charge is 2.16. The second kappa shape index (κ2) is 14.8. The molecule has 0 aliphatic rings. The lowest BCUT2D eigenvalue weighted by Gasteiger charge is -2.12. The summed E-state index contributed by atoms with van der Waals surface area (Å²) >= 11 is 3.14. The quantitative estimate of drug-likeness (QED) is 0.141. The van der Waals surface area contributed by atoms with E-state index in [1.165, 1.54) is 22.7 Å². The molecule has 36 heavy (non-hydrogen) atoms. The third-order valence-corrected chi connectivity index (χ3v) is 6.91. The van der Waals surface area contributed by atoms with Crippen LogP contribution in [-0.2, 0) is 21.6 Å². The Balaban J connectivity index is 1.67. The molecule has 0 fully saturated rings. The molecule has 10 nitrogen and oxygen atoms in total. The zero-order chi connectivity index (χ0) is 25.8. The van der Waals surface area contributed by atoms with Gasteiger partial charge in [0, 0.05) is 22.3 Å². The molecule has 0 radical (unpaired) electrons. The number of aryl methyl sites for hydroxylation is 1. The number of thiazole rings is 1. The van der Waals surface area contributed by atoms with Crippen LogP contribution in [0.1, 0.15) is 23.9 Å². The van der Waals surface area contributed by atoms with Crippen molar-refractivity contribution in [3.05, 3.63) is 34.8 Å². The smallest absolute Gasteiger partial charge is 0.191 e. The lowest BCUT2D eigenvalue weighted by Crippen LogP contribution is -2.12. The van der Waals surface area contributed by atoms with Gasteiger partial charge in [0.05, 0.1) is 45.8 Å². The van der Waals surface area contributed by atoms with Gasteiger partial charge in [0.25, 0.3) is 0 Å². The van der Waals surface area contributed by atoms with E-state index in [1.807, 2.05) is 18.2 Å². The summed E-state index contributed by atoms with van der Waals surface area (Å²) in [4.78, 5) is 14.7. The fourth-order valence-corrected chi connectivity index (χ4v) is 5.33. The number of thioether (sulfide) groups is 1. The van der Waals surface area contributed by atoms with Crippen LogP contribution in [0.3, 0.4) is 0 Å². The number of rotatable bonds is 16. The Hall–Kier alpha value is -2.64. The molecule has 0 unspecified atom stereocenters. The third kappa shape index (κ3) is 8.49. The van der Waals surface area contributed by atoms with Gasteiger partial charge in [-0.1, -0.05) is 25.1 Å². The second-order valence-electron chi connectivity index (χ2n) is 7.59. The first-order valence-corrected chi connectivity index (χ1v) is 13.4. The van der Waals surface area contributed by atoms with Crippen molar-refractivity contribution in [3.8, 4) is 22.1 Å². The number of ether oxygens (including phenoxy) is 4.